The third kappa shape index (κ3) is 6.18. The highest BCUT2D eigenvalue weighted by Crippen LogP contribution is 2.11. The van der Waals surface area contributed by atoms with Crippen molar-refractivity contribution < 1.29 is 14.3 Å². The maximum Gasteiger partial charge on any atom is 0.338 e. The van der Waals surface area contributed by atoms with E-state index in [9.17, 15) is 9.59 Å². The van der Waals surface area contributed by atoms with Crippen LogP contribution in [0.25, 0.3) is 0 Å². The SMILES string of the molecule is CCOC(=O)c1ccc(CCCCCCC=O)cc1. The molecule has 0 saturated carbocycles. The third-order valence-corrected chi connectivity index (χ3v) is 3.00. The summed E-state index contributed by atoms with van der Waals surface area (Å²) in [5, 5.41) is 0. The van der Waals surface area contributed by atoms with Crippen LogP contribution in [-0.4, -0.2) is 18.9 Å². The number of rotatable bonds is 9. The fraction of sp³-hybridized carbons (Fsp3) is 0.500. The lowest BCUT2D eigenvalue weighted by Crippen LogP contribution is -2.04. The first-order chi connectivity index (χ1) is 9.27. The van der Waals surface area contributed by atoms with Crippen LogP contribution in [0.5, 0.6) is 0 Å². The molecule has 0 spiro atoms. The predicted octanol–water partition coefficient (Wildman–Crippen LogP) is 3.56. The maximum atomic E-state index is 11.5. The van der Waals surface area contributed by atoms with Gasteiger partial charge in [-0.25, -0.2) is 4.79 Å². The minimum atomic E-state index is -0.261. The van der Waals surface area contributed by atoms with Gasteiger partial charge in [0.2, 0.25) is 0 Å². The molecule has 0 aliphatic rings. The van der Waals surface area contributed by atoms with Crippen LogP contribution in [0, 0.1) is 0 Å². The van der Waals surface area contributed by atoms with Crippen molar-refractivity contribution in [2.45, 2.75) is 45.4 Å². The first-order valence-corrected chi connectivity index (χ1v) is 6.97. The molecule has 0 saturated heterocycles. The lowest BCUT2D eigenvalue weighted by atomic mass is 10.0. The van der Waals surface area contributed by atoms with Gasteiger partial charge in [0.05, 0.1) is 12.2 Å². The maximum absolute atomic E-state index is 11.5. The lowest BCUT2D eigenvalue weighted by Gasteiger charge is -2.04. The van der Waals surface area contributed by atoms with Gasteiger partial charge in [-0.1, -0.05) is 25.0 Å². The second-order valence-corrected chi connectivity index (χ2v) is 4.54. The van der Waals surface area contributed by atoms with Gasteiger partial charge in [-0.3, -0.25) is 0 Å². The van der Waals surface area contributed by atoms with Crippen LogP contribution >= 0.6 is 0 Å². The average molecular weight is 262 g/mol. The summed E-state index contributed by atoms with van der Waals surface area (Å²) in [7, 11) is 0. The van der Waals surface area contributed by atoms with E-state index >= 15 is 0 Å². The summed E-state index contributed by atoms with van der Waals surface area (Å²) in [5.41, 5.74) is 1.85. The summed E-state index contributed by atoms with van der Waals surface area (Å²) in [6.07, 6.45) is 7.04. The van der Waals surface area contributed by atoms with Crippen LogP contribution in [0.1, 0.15) is 54.9 Å². The van der Waals surface area contributed by atoms with Crippen molar-refractivity contribution in [1.82, 2.24) is 0 Å². The van der Waals surface area contributed by atoms with Crippen LogP contribution in [0.4, 0.5) is 0 Å². The quantitative estimate of drug-likeness (QED) is 0.388. The van der Waals surface area contributed by atoms with Gasteiger partial charge in [-0.15, -0.1) is 0 Å². The summed E-state index contributed by atoms with van der Waals surface area (Å²) in [4.78, 5) is 21.6. The van der Waals surface area contributed by atoms with Crippen molar-refractivity contribution in [1.29, 1.82) is 0 Å². The molecule has 1 aromatic rings. The Morgan fingerprint density at radius 1 is 1.11 bits per heavy atom. The lowest BCUT2D eigenvalue weighted by molar-refractivity contribution is -0.107. The average Bonchev–Trinajstić information content (AvgIpc) is 2.43. The molecule has 3 nitrogen and oxygen atoms in total. The van der Waals surface area contributed by atoms with Gasteiger partial charge in [0, 0.05) is 6.42 Å². The molecular formula is C16H22O3. The number of carbonyl (C=O) groups excluding carboxylic acids is 2. The van der Waals surface area contributed by atoms with Gasteiger partial charge in [0.25, 0.3) is 0 Å². The van der Waals surface area contributed by atoms with E-state index < -0.39 is 0 Å². The van der Waals surface area contributed by atoms with Gasteiger partial charge in [0.1, 0.15) is 6.29 Å². The Hall–Kier alpha value is -1.64. The smallest absolute Gasteiger partial charge is 0.338 e. The van der Waals surface area contributed by atoms with E-state index in [0.717, 1.165) is 38.4 Å². The first-order valence-electron chi connectivity index (χ1n) is 6.97. The summed E-state index contributed by atoms with van der Waals surface area (Å²) < 4.78 is 4.94. The van der Waals surface area contributed by atoms with E-state index in [1.807, 2.05) is 24.3 Å². The van der Waals surface area contributed by atoms with Gasteiger partial charge in [-0.05, 0) is 43.9 Å². The molecule has 3 heteroatoms. The molecular weight excluding hydrogens is 240 g/mol. The van der Waals surface area contributed by atoms with Crippen LogP contribution in [0.3, 0.4) is 0 Å². The van der Waals surface area contributed by atoms with Crippen molar-refractivity contribution in [3.05, 3.63) is 35.4 Å². The van der Waals surface area contributed by atoms with Gasteiger partial charge >= 0.3 is 5.97 Å². The number of aryl methyl sites for hydroxylation is 1. The van der Waals surface area contributed by atoms with E-state index in [0.29, 0.717) is 18.6 Å². The van der Waals surface area contributed by atoms with E-state index in [-0.39, 0.29) is 5.97 Å². The van der Waals surface area contributed by atoms with E-state index in [4.69, 9.17) is 4.74 Å². The highest BCUT2D eigenvalue weighted by atomic mass is 16.5. The molecule has 0 atom stereocenters. The summed E-state index contributed by atoms with van der Waals surface area (Å²) in [5.74, 6) is -0.261. The van der Waals surface area contributed by atoms with Crippen LogP contribution in [0.2, 0.25) is 0 Å². The number of aldehydes is 1. The largest absolute Gasteiger partial charge is 0.462 e. The molecule has 0 unspecified atom stereocenters. The number of ether oxygens (including phenoxy) is 1. The van der Waals surface area contributed by atoms with Crippen LogP contribution < -0.4 is 0 Å². The Balaban J connectivity index is 2.28. The van der Waals surface area contributed by atoms with Crippen molar-refractivity contribution in [2.75, 3.05) is 6.61 Å². The highest BCUT2D eigenvalue weighted by Gasteiger charge is 2.05. The molecule has 1 rings (SSSR count). The minimum absolute atomic E-state index is 0.261. The zero-order chi connectivity index (χ0) is 13.9. The fourth-order valence-electron chi connectivity index (χ4n) is 1.93. The van der Waals surface area contributed by atoms with E-state index in [1.54, 1.807) is 6.92 Å². The normalized spacial score (nSPS) is 10.2. The van der Waals surface area contributed by atoms with Crippen molar-refractivity contribution in [3.63, 3.8) is 0 Å². The summed E-state index contributed by atoms with van der Waals surface area (Å²) in [6.45, 7) is 2.21. The number of carbonyl (C=O) groups is 2. The minimum Gasteiger partial charge on any atom is -0.462 e. The molecule has 19 heavy (non-hydrogen) atoms. The van der Waals surface area contributed by atoms with E-state index in [1.165, 1.54) is 5.56 Å². The molecule has 0 N–H and O–H groups in total. The van der Waals surface area contributed by atoms with Gasteiger partial charge in [-0.2, -0.15) is 0 Å². The molecule has 0 amide bonds. The Morgan fingerprint density at radius 2 is 1.79 bits per heavy atom. The summed E-state index contributed by atoms with van der Waals surface area (Å²) in [6, 6.07) is 7.61. The molecule has 104 valence electrons. The zero-order valence-corrected chi connectivity index (χ0v) is 11.6. The van der Waals surface area contributed by atoms with Crippen molar-refractivity contribution >= 4 is 12.3 Å². The Morgan fingerprint density at radius 3 is 2.42 bits per heavy atom. The third-order valence-electron chi connectivity index (χ3n) is 3.00. The number of esters is 1. The standard InChI is InChI=1S/C16H22O3/c1-2-19-16(18)15-11-9-14(10-12-15)8-6-4-3-5-7-13-17/h9-13H,2-8H2,1H3. The molecule has 0 bridgehead atoms. The Bertz CT molecular complexity index is 381. The van der Waals surface area contributed by atoms with E-state index in [2.05, 4.69) is 0 Å². The molecule has 0 aromatic heterocycles. The molecule has 0 aliphatic heterocycles. The monoisotopic (exact) mass is 262 g/mol. The first kappa shape index (κ1) is 15.4. The molecule has 0 radical (unpaired) electrons. The predicted molar refractivity (Wildman–Crippen MR) is 75.3 cm³/mol. The Labute approximate surface area is 115 Å². The number of unbranched alkanes of at least 4 members (excludes halogenated alkanes) is 4. The number of hydrogen-bond donors (Lipinski definition) is 0. The molecule has 0 aliphatic carbocycles. The van der Waals surface area contributed by atoms with Crippen LogP contribution in [0.15, 0.2) is 24.3 Å². The topological polar surface area (TPSA) is 43.4 Å². The fourth-order valence-corrected chi connectivity index (χ4v) is 1.93. The summed E-state index contributed by atoms with van der Waals surface area (Å²) >= 11 is 0. The van der Waals surface area contributed by atoms with Crippen LogP contribution in [-0.2, 0) is 16.0 Å². The number of benzene rings is 1. The van der Waals surface area contributed by atoms with Gasteiger partial charge < -0.3 is 9.53 Å². The second-order valence-electron chi connectivity index (χ2n) is 4.54. The molecule has 1 aromatic carbocycles. The zero-order valence-electron chi connectivity index (χ0n) is 11.6. The number of hydrogen-bond acceptors (Lipinski definition) is 3. The second kappa shape index (κ2) is 9.31. The molecule has 0 heterocycles. The highest BCUT2D eigenvalue weighted by molar-refractivity contribution is 5.89. The Kier molecular flexibility index (Phi) is 7.56. The van der Waals surface area contributed by atoms with Crippen molar-refractivity contribution in [2.24, 2.45) is 0 Å². The van der Waals surface area contributed by atoms with Gasteiger partial charge in [0.15, 0.2) is 0 Å². The molecule has 0 fully saturated rings. The van der Waals surface area contributed by atoms with Crippen molar-refractivity contribution in [3.8, 4) is 0 Å².